The Morgan fingerprint density at radius 3 is 2.71 bits per heavy atom. The predicted octanol–water partition coefficient (Wildman–Crippen LogP) is 3.10. The molecule has 28 heavy (non-hydrogen) atoms. The molecule has 0 spiro atoms. The van der Waals surface area contributed by atoms with Gasteiger partial charge in [-0.05, 0) is 37.1 Å². The molecular weight excluding hydrogens is 383 g/mol. The maximum atomic E-state index is 14.3. The van der Waals surface area contributed by atoms with E-state index in [0.717, 1.165) is 0 Å². The first-order valence-electron chi connectivity index (χ1n) is 9.21. The first-order valence-corrected chi connectivity index (χ1v) is 10.6. The molecule has 4 rings (SSSR count). The first-order chi connectivity index (χ1) is 13.4. The van der Waals surface area contributed by atoms with Gasteiger partial charge in [-0.25, -0.2) is 12.8 Å². The van der Waals surface area contributed by atoms with Gasteiger partial charge in [-0.1, -0.05) is 18.2 Å². The highest BCUT2D eigenvalue weighted by Crippen LogP contribution is 2.40. The zero-order valence-corrected chi connectivity index (χ0v) is 16.3. The van der Waals surface area contributed by atoms with Gasteiger partial charge in [0.1, 0.15) is 18.2 Å². The van der Waals surface area contributed by atoms with Gasteiger partial charge < -0.3 is 9.64 Å². The van der Waals surface area contributed by atoms with Crippen LogP contribution in [0.5, 0.6) is 5.75 Å². The second-order valence-corrected chi connectivity index (χ2v) is 8.83. The lowest BCUT2D eigenvalue weighted by Crippen LogP contribution is -2.37. The summed E-state index contributed by atoms with van der Waals surface area (Å²) in [5.74, 6) is -0.104. The van der Waals surface area contributed by atoms with Gasteiger partial charge in [0.15, 0.2) is 0 Å². The molecule has 2 aliphatic heterocycles. The summed E-state index contributed by atoms with van der Waals surface area (Å²) in [5, 5.41) is 0. The number of rotatable bonds is 3. The molecule has 0 unspecified atom stereocenters. The van der Waals surface area contributed by atoms with E-state index < -0.39 is 21.9 Å². The van der Waals surface area contributed by atoms with E-state index in [2.05, 4.69) is 0 Å². The SMILES string of the molecule is CC(=O)N1CCOc2ccc(S(=O)(=O)N3CCC[C@H]3c3ccccc3F)cc21. The highest BCUT2D eigenvalue weighted by atomic mass is 32.2. The summed E-state index contributed by atoms with van der Waals surface area (Å²) in [6.07, 6.45) is 1.22. The van der Waals surface area contributed by atoms with E-state index in [0.29, 0.717) is 49.5 Å². The van der Waals surface area contributed by atoms with Gasteiger partial charge in [0.2, 0.25) is 15.9 Å². The van der Waals surface area contributed by atoms with Crippen molar-refractivity contribution in [3.63, 3.8) is 0 Å². The monoisotopic (exact) mass is 404 g/mol. The molecule has 1 fully saturated rings. The van der Waals surface area contributed by atoms with E-state index >= 15 is 0 Å². The summed E-state index contributed by atoms with van der Waals surface area (Å²) in [7, 11) is -3.86. The normalized spacial score (nSPS) is 19.9. The summed E-state index contributed by atoms with van der Waals surface area (Å²) in [5.41, 5.74) is 0.830. The highest BCUT2D eigenvalue weighted by molar-refractivity contribution is 7.89. The van der Waals surface area contributed by atoms with Crippen molar-refractivity contribution >= 4 is 21.6 Å². The number of carbonyl (C=O) groups excluding carboxylic acids is 1. The van der Waals surface area contributed by atoms with Crippen LogP contribution in [0.1, 0.15) is 31.4 Å². The van der Waals surface area contributed by atoms with Crippen molar-refractivity contribution in [2.75, 3.05) is 24.6 Å². The van der Waals surface area contributed by atoms with E-state index in [1.54, 1.807) is 24.3 Å². The second kappa shape index (κ2) is 7.18. The van der Waals surface area contributed by atoms with Gasteiger partial charge in [-0.15, -0.1) is 0 Å². The zero-order chi connectivity index (χ0) is 19.9. The van der Waals surface area contributed by atoms with Gasteiger partial charge >= 0.3 is 0 Å². The number of hydrogen-bond acceptors (Lipinski definition) is 4. The minimum Gasteiger partial charge on any atom is -0.490 e. The third-order valence-corrected chi connectivity index (χ3v) is 7.15. The Bertz CT molecular complexity index is 1020. The van der Waals surface area contributed by atoms with Crippen LogP contribution in [0, 0.1) is 5.82 Å². The zero-order valence-electron chi connectivity index (χ0n) is 15.5. The molecular formula is C20H21FN2O4S. The van der Waals surface area contributed by atoms with Crippen LogP contribution in [-0.4, -0.2) is 38.3 Å². The molecule has 2 heterocycles. The Labute approximate surface area is 163 Å². The quantitative estimate of drug-likeness (QED) is 0.789. The minimum absolute atomic E-state index is 0.0752. The molecule has 2 aliphatic rings. The molecule has 0 bridgehead atoms. The number of fused-ring (bicyclic) bond motifs is 1. The van der Waals surface area contributed by atoms with Crippen molar-refractivity contribution in [2.45, 2.75) is 30.7 Å². The van der Waals surface area contributed by atoms with E-state index in [9.17, 15) is 17.6 Å². The molecule has 0 radical (unpaired) electrons. The Morgan fingerprint density at radius 1 is 1.18 bits per heavy atom. The Kier molecular flexibility index (Phi) is 4.84. The van der Waals surface area contributed by atoms with Crippen molar-refractivity contribution in [2.24, 2.45) is 0 Å². The average Bonchev–Trinajstić information content (AvgIpc) is 3.17. The highest BCUT2D eigenvalue weighted by Gasteiger charge is 2.38. The summed E-state index contributed by atoms with van der Waals surface area (Å²) in [6.45, 7) is 2.49. The number of benzene rings is 2. The maximum absolute atomic E-state index is 14.3. The first kappa shape index (κ1) is 18.9. The van der Waals surface area contributed by atoms with Crippen LogP contribution in [0.3, 0.4) is 0 Å². The lowest BCUT2D eigenvalue weighted by atomic mass is 10.1. The third-order valence-electron chi connectivity index (χ3n) is 5.25. The van der Waals surface area contributed by atoms with Gasteiger partial charge in [0.05, 0.1) is 23.2 Å². The van der Waals surface area contributed by atoms with Gasteiger partial charge in [-0.3, -0.25) is 4.79 Å². The summed E-state index contributed by atoms with van der Waals surface area (Å²) in [6, 6.07) is 10.3. The number of sulfonamides is 1. The van der Waals surface area contributed by atoms with Crippen LogP contribution in [-0.2, 0) is 14.8 Å². The van der Waals surface area contributed by atoms with Crippen LogP contribution in [0.25, 0.3) is 0 Å². The van der Waals surface area contributed by atoms with Crippen molar-refractivity contribution in [1.29, 1.82) is 0 Å². The average molecular weight is 404 g/mol. The molecule has 2 aromatic carbocycles. The maximum Gasteiger partial charge on any atom is 0.243 e. The van der Waals surface area contributed by atoms with Crippen molar-refractivity contribution in [3.05, 3.63) is 53.8 Å². The van der Waals surface area contributed by atoms with Gasteiger partial charge in [0, 0.05) is 19.0 Å². The molecule has 6 nitrogen and oxygen atoms in total. The molecule has 8 heteroatoms. The summed E-state index contributed by atoms with van der Waals surface area (Å²) < 4.78 is 47.9. The van der Waals surface area contributed by atoms with E-state index in [1.807, 2.05) is 0 Å². The van der Waals surface area contributed by atoms with Crippen molar-refractivity contribution in [3.8, 4) is 5.75 Å². The summed E-state index contributed by atoms with van der Waals surface area (Å²) >= 11 is 0. The second-order valence-electron chi connectivity index (χ2n) is 6.94. The number of anilines is 1. The van der Waals surface area contributed by atoms with Gasteiger partial charge in [0.25, 0.3) is 0 Å². The molecule has 0 aromatic heterocycles. The molecule has 1 saturated heterocycles. The standard InChI is InChI=1S/C20H21FN2O4S/c1-14(24)22-11-12-27-20-9-8-15(13-19(20)22)28(25,26)23-10-4-7-18(23)16-5-2-3-6-17(16)21/h2-3,5-6,8-9,13,18H,4,7,10-12H2,1H3/t18-/m0/s1. The molecule has 148 valence electrons. The number of ether oxygens (including phenoxy) is 1. The van der Waals surface area contributed by atoms with E-state index in [4.69, 9.17) is 4.74 Å². The van der Waals surface area contributed by atoms with Crippen LogP contribution >= 0.6 is 0 Å². The molecule has 0 aliphatic carbocycles. The summed E-state index contributed by atoms with van der Waals surface area (Å²) in [4.78, 5) is 13.5. The molecule has 2 aromatic rings. The predicted molar refractivity (Wildman–Crippen MR) is 102 cm³/mol. The van der Waals surface area contributed by atoms with E-state index in [-0.39, 0.29) is 10.8 Å². The fraction of sp³-hybridized carbons (Fsp3) is 0.350. The lowest BCUT2D eigenvalue weighted by Gasteiger charge is -2.30. The Morgan fingerprint density at radius 2 is 1.96 bits per heavy atom. The number of nitrogens with zero attached hydrogens (tertiary/aromatic N) is 2. The fourth-order valence-corrected chi connectivity index (χ4v) is 5.60. The number of amides is 1. The van der Waals surface area contributed by atoms with E-state index in [1.165, 1.54) is 34.3 Å². The molecule has 1 atom stereocenters. The van der Waals surface area contributed by atoms with Gasteiger partial charge in [-0.2, -0.15) is 4.31 Å². The van der Waals surface area contributed by atoms with Crippen molar-refractivity contribution < 1.29 is 22.3 Å². The van der Waals surface area contributed by atoms with Crippen LogP contribution < -0.4 is 9.64 Å². The molecule has 0 N–H and O–H groups in total. The number of carbonyl (C=O) groups is 1. The number of halogens is 1. The fourth-order valence-electron chi connectivity index (χ4n) is 3.90. The van der Waals surface area contributed by atoms with Crippen LogP contribution in [0.2, 0.25) is 0 Å². The largest absolute Gasteiger partial charge is 0.490 e. The number of hydrogen-bond donors (Lipinski definition) is 0. The van der Waals surface area contributed by atoms with Crippen LogP contribution in [0.15, 0.2) is 47.4 Å². The van der Waals surface area contributed by atoms with Crippen LogP contribution in [0.4, 0.5) is 10.1 Å². The lowest BCUT2D eigenvalue weighted by molar-refractivity contribution is -0.116. The minimum atomic E-state index is -3.86. The third kappa shape index (κ3) is 3.16. The Hall–Kier alpha value is -2.45. The smallest absolute Gasteiger partial charge is 0.243 e. The molecule has 1 amide bonds. The Balaban J connectivity index is 1.73. The molecule has 0 saturated carbocycles. The van der Waals surface area contributed by atoms with Crippen molar-refractivity contribution in [1.82, 2.24) is 4.31 Å². The topological polar surface area (TPSA) is 66.9 Å².